The van der Waals surface area contributed by atoms with Crippen LogP contribution in [0, 0.1) is 18.3 Å². The van der Waals surface area contributed by atoms with Crippen molar-refractivity contribution >= 4 is 0 Å². The minimum Gasteiger partial charge on any atom is -0.508 e. The van der Waals surface area contributed by atoms with Gasteiger partial charge in [0.05, 0.1) is 0 Å². The van der Waals surface area contributed by atoms with Crippen LogP contribution in [0.3, 0.4) is 0 Å². The van der Waals surface area contributed by atoms with Gasteiger partial charge in [-0.3, -0.25) is 0 Å². The highest BCUT2D eigenvalue weighted by atomic mass is 16.3. The molecule has 0 aliphatic carbocycles. The van der Waals surface area contributed by atoms with Crippen LogP contribution in [0.25, 0.3) is 0 Å². The van der Waals surface area contributed by atoms with Crippen LogP contribution < -0.4 is 0 Å². The first kappa shape index (κ1) is 24.1. The summed E-state index contributed by atoms with van der Waals surface area (Å²) < 4.78 is 0. The molecule has 156 valence electrons. The molecule has 1 atom stereocenters. The Morgan fingerprint density at radius 1 is 1.00 bits per heavy atom. The van der Waals surface area contributed by atoms with E-state index in [0.717, 1.165) is 16.7 Å². The first-order chi connectivity index (χ1) is 12.7. The standard InChI is InChI=1S/C26H40O2/c1-11-12-23(27)21(25(5,6)7)14-13-19(17(2)3)20-16-22(26(8,9)10)24(28)15-18(20)4/h11-17,19,27-28H,1-10H3/b12-11+,14-13+,23-21-. The van der Waals surface area contributed by atoms with Gasteiger partial charge in [-0.2, -0.15) is 0 Å². The monoisotopic (exact) mass is 384 g/mol. The molecule has 1 aromatic carbocycles. The number of hydrogen-bond donors (Lipinski definition) is 2. The summed E-state index contributed by atoms with van der Waals surface area (Å²) >= 11 is 0. The zero-order chi connectivity index (χ0) is 21.9. The fourth-order valence-corrected chi connectivity index (χ4v) is 3.52. The Kier molecular flexibility index (Phi) is 7.76. The minimum atomic E-state index is -0.164. The molecule has 1 rings (SSSR count). The Labute approximate surface area is 172 Å². The highest BCUT2D eigenvalue weighted by Gasteiger charge is 2.24. The van der Waals surface area contributed by atoms with Crippen molar-refractivity contribution in [2.24, 2.45) is 11.3 Å². The van der Waals surface area contributed by atoms with E-state index in [1.165, 1.54) is 5.56 Å². The summed E-state index contributed by atoms with van der Waals surface area (Å²) in [6, 6.07) is 4.04. The van der Waals surface area contributed by atoms with Crippen LogP contribution in [0.1, 0.15) is 84.9 Å². The molecule has 0 fully saturated rings. The Hall–Kier alpha value is -1.96. The van der Waals surface area contributed by atoms with Gasteiger partial charge in [0.25, 0.3) is 0 Å². The number of benzene rings is 1. The normalized spacial score (nSPS) is 15.5. The lowest BCUT2D eigenvalue weighted by Crippen LogP contribution is -2.15. The third-order valence-electron chi connectivity index (χ3n) is 5.15. The Balaban J connectivity index is 3.55. The molecule has 0 amide bonds. The maximum atomic E-state index is 10.5. The first-order valence-corrected chi connectivity index (χ1v) is 10.3. The van der Waals surface area contributed by atoms with E-state index >= 15 is 0 Å². The summed E-state index contributed by atoms with van der Waals surface area (Å²) in [6.45, 7) is 21.1. The van der Waals surface area contributed by atoms with Crippen molar-refractivity contribution in [2.45, 2.75) is 80.6 Å². The van der Waals surface area contributed by atoms with Gasteiger partial charge in [-0.05, 0) is 65.0 Å². The highest BCUT2D eigenvalue weighted by molar-refractivity contribution is 5.47. The number of allylic oxidation sites excluding steroid dienone is 5. The van der Waals surface area contributed by atoms with Crippen LogP contribution in [0.2, 0.25) is 0 Å². The van der Waals surface area contributed by atoms with E-state index in [0.29, 0.717) is 17.4 Å². The van der Waals surface area contributed by atoms with Gasteiger partial charge in [-0.1, -0.05) is 79.7 Å². The van der Waals surface area contributed by atoms with E-state index in [-0.39, 0.29) is 16.7 Å². The Bertz CT molecular complexity index is 763. The number of aliphatic hydroxyl groups is 1. The molecule has 0 saturated heterocycles. The molecular formula is C26H40O2. The molecule has 28 heavy (non-hydrogen) atoms. The van der Waals surface area contributed by atoms with E-state index in [4.69, 9.17) is 0 Å². The summed E-state index contributed by atoms with van der Waals surface area (Å²) in [5.41, 5.74) is 3.92. The van der Waals surface area contributed by atoms with E-state index < -0.39 is 0 Å². The van der Waals surface area contributed by atoms with Crippen LogP contribution in [0.5, 0.6) is 5.75 Å². The number of aliphatic hydroxyl groups excluding tert-OH is 1. The van der Waals surface area contributed by atoms with Crippen LogP contribution in [-0.4, -0.2) is 10.2 Å². The summed E-state index contributed by atoms with van der Waals surface area (Å²) in [6.07, 6.45) is 7.88. The maximum absolute atomic E-state index is 10.5. The number of phenolic OH excluding ortho intramolecular Hbond substituents is 1. The quantitative estimate of drug-likeness (QED) is 0.403. The third-order valence-corrected chi connectivity index (χ3v) is 5.15. The van der Waals surface area contributed by atoms with Crippen molar-refractivity contribution in [1.82, 2.24) is 0 Å². The molecule has 0 bridgehead atoms. The second kappa shape index (κ2) is 9.03. The van der Waals surface area contributed by atoms with Crippen molar-refractivity contribution in [2.75, 3.05) is 0 Å². The second-order valence-corrected chi connectivity index (χ2v) is 10.2. The topological polar surface area (TPSA) is 40.5 Å². The number of aromatic hydroxyl groups is 1. The summed E-state index contributed by atoms with van der Waals surface area (Å²) in [5, 5.41) is 21.0. The summed E-state index contributed by atoms with van der Waals surface area (Å²) in [5.74, 6) is 1.25. The fourth-order valence-electron chi connectivity index (χ4n) is 3.52. The lowest BCUT2D eigenvalue weighted by atomic mass is 9.78. The molecule has 0 heterocycles. The van der Waals surface area contributed by atoms with Gasteiger partial charge in [-0.25, -0.2) is 0 Å². The highest BCUT2D eigenvalue weighted by Crippen LogP contribution is 2.38. The van der Waals surface area contributed by atoms with Crippen molar-refractivity contribution < 1.29 is 10.2 Å². The third kappa shape index (κ3) is 6.02. The van der Waals surface area contributed by atoms with Crippen molar-refractivity contribution in [1.29, 1.82) is 0 Å². The lowest BCUT2D eigenvalue weighted by molar-refractivity contribution is 0.397. The Morgan fingerprint density at radius 2 is 1.57 bits per heavy atom. The molecular weight excluding hydrogens is 344 g/mol. The van der Waals surface area contributed by atoms with E-state index in [1.54, 1.807) is 6.08 Å². The molecule has 1 aromatic rings. The largest absolute Gasteiger partial charge is 0.508 e. The van der Waals surface area contributed by atoms with Crippen LogP contribution >= 0.6 is 0 Å². The average Bonchev–Trinajstić information content (AvgIpc) is 2.49. The molecule has 0 radical (unpaired) electrons. The van der Waals surface area contributed by atoms with Crippen LogP contribution in [-0.2, 0) is 5.41 Å². The number of aryl methyl sites for hydroxylation is 1. The number of rotatable bonds is 5. The van der Waals surface area contributed by atoms with E-state index in [1.807, 2.05) is 19.1 Å². The van der Waals surface area contributed by atoms with Gasteiger partial charge >= 0.3 is 0 Å². The fraction of sp³-hybridized carbons (Fsp3) is 0.538. The SMILES string of the molecule is C/C=C/C(O)=C(\C=C\C(c1cc(C(C)(C)C)c(O)cc1C)C(C)C)C(C)(C)C. The van der Waals surface area contributed by atoms with Gasteiger partial charge in [-0.15, -0.1) is 0 Å². The van der Waals surface area contributed by atoms with E-state index in [2.05, 4.69) is 80.5 Å². The van der Waals surface area contributed by atoms with Crippen LogP contribution in [0.15, 0.2) is 47.8 Å². The number of hydrogen-bond acceptors (Lipinski definition) is 2. The molecule has 2 nitrogen and oxygen atoms in total. The molecule has 0 aromatic heterocycles. The first-order valence-electron chi connectivity index (χ1n) is 10.3. The van der Waals surface area contributed by atoms with Gasteiger partial charge in [0.15, 0.2) is 0 Å². The number of phenols is 1. The predicted molar refractivity (Wildman–Crippen MR) is 122 cm³/mol. The van der Waals surface area contributed by atoms with Gasteiger partial charge in [0.2, 0.25) is 0 Å². The zero-order valence-corrected chi connectivity index (χ0v) is 19.5. The van der Waals surface area contributed by atoms with Crippen LogP contribution in [0.4, 0.5) is 0 Å². The van der Waals surface area contributed by atoms with Crippen molar-refractivity contribution in [3.63, 3.8) is 0 Å². The molecule has 1 unspecified atom stereocenters. The van der Waals surface area contributed by atoms with Crippen molar-refractivity contribution in [3.8, 4) is 5.75 Å². The minimum absolute atomic E-state index is 0.127. The molecule has 2 heteroatoms. The van der Waals surface area contributed by atoms with Gasteiger partial charge in [0.1, 0.15) is 11.5 Å². The molecule has 0 saturated carbocycles. The van der Waals surface area contributed by atoms with Gasteiger partial charge < -0.3 is 10.2 Å². The Morgan fingerprint density at radius 3 is 2.00 bits per heavy atom. The average molecular weight is 385 g/mol. The predicted octanol–water partition coefficient (Wildman–Crippen LogP) is 7.73. The summed E-state index contributed by atoms with van der Waals surface area (Å²) in [4.78, 5) is 0. The van der Waals surface area contributed by atoms with Gasteiger partial charge in [0, 0.05) is 5.92 Å². The zero-order valence-electron chi connectivity index (χ0n) is 19.5. The lowest BCUT2D eigenvalue weighted by Gasteiger charge is -2.27. The smallest absolute Gasteiger partial charge is 0.119 e. The molecule has 0 aliphatic heterocycles. The second-order valence-electron chi connectivity index (χ2n) is 10.2. The molecule has 0 spiro atoms. The van der Waals surface area contributed by atoms with Crippen molar-refractivity contribution in [3.05, 3.63) is 64.5 Å². The van der Waals surface area contributed by atoms with E-state index in [9.17, 15) is 10.2 Å². The molecule has 0 aliphatic rings. The summed E-state index contributed by atoms with van der Waals surface area (Å²) in [7, 11) is 0. The molecule has 2 N–H and O–H groups in total. The maximum Gasteiger partial charge on any atom is 0.119 e.